The first-order valence-electron chi connectivity index (χ1n) is 10.6. The fourth-order valence-corrected chi connectivity index (χ4v) is 4.67. The highest BCUT2D eigenvalue weighted by Crippen LogP contribution is 2.33. The third kappa shape index (κ3) is 5.67. The highest BCUT2D eigenvalue weighted by atomic mass is 32.2. The smallest absolute Gasteiger partial charge is 0.337 e. The lowest BCUT2D eigenvalue weighted by Gasteiger charge is -2.21. The number of methoxy groups -OCH3 is 2. The second kappa shape index (κ2) is 11.1. The molecule has 172 valence electrons. The van der Waals surface area contributed by atoms with E-state index in [1.807, 2.05) is 6.92 Å². The molecule has 1 fully saturated rings. The second-order valence-corrected chi connectivity index (χ2v) is 8.48. The number of nitrogens with one attached hydrogen (secondary N) is 1. The summed E-state index contributed by atoms with van der Waals surface area (Å²) in [5.74, 6) is 0.0102. The number of rotatable bonds is 8. The number of amides is 1. The number of anilines is 1. The molecule has 1 aliphatic carbocycles. The van der Waals surface area contributed by atoms with Crippen molar-refractivity contribution in [2.45, 2.75) is 56.6 Å². The van der Waals surface area contributed by atoms with Crippen LogP contribution in [-0.2, 0) is 20.8 Å². The first-order valence-corrected chi connectivity index (χ1v) is 11.6. The van der Waals surface area contributed by atoms with Crippen LogP contribution < -0.4 is 5.32 Å². The molecular formula is C22H28N4O5S. The quantitative estimate of drug-likeness (QED) is 0.469. The second-order valence-electron chi connectivity index (χ2n) is 7.54. The summed E-state index contributed by atoms with van der Waals surface area (Å²) in [6.45, 7) is 2.79. The number of thioether (sulfide) groups is 1. The molecule has 1 heterocycles. The Balaban J connectivity index is 1.69. The molecule has 3 rings (SSSR count). The normalized spacial score (nSPS) is 14.1. The van der Waals surface area contributed by atoms with Gasteiger partial charge in [0, 0.05) is 18.2 Å². The van der Waals surface area contributed by atoms with E-state index in [0.717, 1.165) is 25.2 Å². The molecule has 1 saturated carbocycles. The monoisotopic (exact) mass is 460 g/mol. The number of hydrogen-bond donors (Lipinski definition) is 1. The molecule has 1 aromatic heterocycles. The zero-order valence-corrected chi connectivity index (χ0v) is 19.4. The van der Waals surface area contributed by atoms with Crippen LogP contribution in [-0.4, -0.2) is 52.6 Å². The number of ether oxygens (including phenoxy) is 2. The number of aromatic nitrogens is 3. The average molecular weight is 461 g/mol. The fraction of sp³-hybridized carbons (Fsp3) is 0.500. The predicted molar refractivity (Wildman–Crippen MR) is 120 cm³/mol. The lowest BCUT2D eigenvalue weighted by molar-refractivity contribution is -0.113. The van der Waals surface area contributed by atoms with Gasteiger partial charge < -0.3 is 19.4 Å². The molecule has 0 atom stereocenters. The van der Waals surface area contributed by atoms with Gasteiger partial charge in [-0.1, -0.05) is 31.0 Å². The Morgan fingerprint density at radius 3 is 2.22 bits per heavy atom. The molecule has 2 aromatic rings. The minimum Gasteiger partial charge on any atom is -0.465 e. The van der Waals surface area contributed by atoms with E-state index in [9.17, 15) is 14.4 Å². The summed E-state index contributed by atoms with van der Waals surface area (Å²) in [4.78, 5) is 36.4. The van der Waals surface area contributed by atoms with Gasteiger partial charge >= 0.3 is 11.9 Å². The van der Waals surface area contributed by atoms with Crippen LogP contribution in [0.1, 0.15) is 71.5 Å². The number of hydrogen-bond acceptors (Lipinski definition) is 8. The van der Waals surface area contributed by atoms with Crippen molar-refractivity contribution in [3.05, 3.63) is 35.2 Å². The van der Waals surface area contributed by atoms with Crippen molar-refractivity contribution in [2.75, 3.05) is 25.3 Å². The average Bonchev–Trinajstić information content (AvgIpc) is 3.24. The summed E-state index contributed by atoms with van der Waals surface area (Å²) in [5.41, 5.74) is 0.584. The summed E-state index contributed by atoms with van der Waals surface area (Å²) >= 11 is 1.31. The van der Waals surface area contributed by atoms with Gasteiger partial charge in [0.25, 0.3) is 0 Å². The third-order valence-electron chi connectivity index (χ3n) is 5.42. The molecule has 10 heteroatoms. The third-order valence-corrected chi connectivity index (χ3v) is 6.39. The van der Waals surface area contributed by atoms with Crippen LogP contribution in [0.15, 0.2) is 23.4 Å². The van der Waals surface area contributed by atoms with Crippen molar-refractivity contribution in [1.82, 2.24) is 14.8 Å². The van der Waals surface area contributed by atoms with Crippen LogP contribution in [0, 0.1) is 0 Å². The molecule has 0 bridgehead atoms. The van der Waals surface area contributed by atoms with Crippen LogP contribution in [0.4, 0.5) is 5.69 Å². The summed E-state index contributed by atoms with van der Waals surface area (Å²) < 4.78 is 11.5. The Bertz CT molecular complexity index is 950. The Morgan fingerprint density at radius 1 is 1.03 bits per heavy atom. The molecule has 1 aromatic carbocycles. The van der Waals surface area contributed by atoms with E-state index < -0.39 is 11.9 Å². The molecule has 0 unspecified atom stereocenters. The van der Waals surface area contributed by atoms with E-state index in [4.69, 9.17) is 9.47 Å². The number of carbonyl (C=O) groups excluding carboxylic acids is 3. The van der Waals surface area contributed by atoms with Gasteiger partial charge in [0.15, 0.2) is 5.16 Å². The Kier molecular flexibility index (Phi) is 8.26. The highest BCUT2D eigenvalue weighted by molar-refractivity contribution is 7.99. The minimum atomic E-state index is -0.619. The van der Waals surface area contributed by atoms with Gasteiger partial charge in [0.1, 0.15) is 5.82 Å². The number of benzene rings is 1. The molecule has 32 heavy (non-hydrogen) atoms. The van der Waals surface area contributed by atoms with E-state index >= 15 is 0 Å². The first kappa shape index (κ1) is 23.8. The molecule has 0 radical (unpaired) electrons. The summed E-state index contributed by atoms with van der Waals surface area (Å²) in [5, 5.41) is 12.2. The van der Waals surface area contributed by atoms with Crippen molar-refractivity contribution in [3.63, 3.8) is 0 Å². The van der Waals surface area contributed by atoms with Gasteiger partial charge in [0.05, 0.1) is 31.1 Å². The number of nitrogens with zero attached hydrogens (tertiary/aromatic N) is 3. The number of esters is 2. The van der Waals surface area contributed by atoms with Crippen LogP contribution >= 0.6 is 11.8 Å². The Morgan fingerprint density at radius 2 is 1.66 bits per heavy atom. The van der Waals surface area contributed by atoms with Crippen molar-refractivity contribution in [3.8, 4) is 0 Å². The summed E-state index contributed by atoms with van der Waals surface area (Å²) in [6, 6.07) is 4.27. The lowest BCUT2D eigenvalue weighted by Crippen LogP contribution is -2.17. The Labute approximate surface area is 191 Å². The van der Waals surface area contributed by atoms with Gasteiger partial charge in [-0.05, 0) is 38.0 Å². The molecular weight excluding hydrogens is 432 g/mol. The van der Waals surface area contributed by atoms with Crippen LogP contribution in [0.5, 0.6) is 0 Å². The topological polar surface area (TPSA) is 112 Å². The summed E-state index contributed by atoms with van der Waals surface area (Å²) in [7, 11) is 2.49. The Hall–Kier alpha value is -2.88. The van der Waals surface area contributed by atoms with Crippen LogP contribution in [0.3, 0.4) is 0 Å². The van der Waals surface area contributed by atoms with Crippen molar-refractivity contribution in [1.29, 1.82) is 0 Å². The highest BCUT2D eigenvalue weighted by Gasteiger charge is 2.23. The molecule has 0 aliphatic heterocycles. The maximum atomic E-state index is 12.6. The molecule has 9 nitrogen and oxygen atoms in total. The first-order chi connectivity index (χ1) is 15.5. The predicted octanol–water partition coefficient (Wildman–Crippen LogP) is 3.65. The van der Waals surface area contributed by atoms with Gasteiger partial charge in [-0.25, -0.2) is 9.59 Å². The standard InChI is InChI=1S/C22H28N4O5S/c1-4-26-19(14-8-6-5-7-9-14)24-25-22(26)32-13-18(27)23-17-11-15(20(28)30-2)10-16(12-17)21(29)31-3/h10-12,14H,4-9,13H2,1-3H3,(H,23,27). The largest absolute Gasteiger partial charge is 0.465 e. The van der Waals surface area contributed by atoms with Crippen molar-refractivity contribution < 1.29 is 23.9 Å². The molecule has 1 amide bonds. The van der Waals surface area contributed by atoms with Crippen molar-refractivity contribution >= 4 is 35.3 Å². The molecule has 0 saturated heterocycles. The van der Waals surface area contributed by atoms with E-state index in [0.29, 0.717) is 16.8 Å². The van der Waals surface area contributed by atoms with Crippen LogP contribution in [0.25, 0.3) is 0 Å². The zero-order chi connectivity index (χ0) is 23.1. The molecule has 1 N–H and O–H groups in total. The van der Waals surface area contributed by atoms with Gasteiger partial charge in [-0.15, -0.1) is 10.2 Å². The van der Waals surface area contributed by atoms with E-state index in [1.54, 1.807) is 0 Å². The minimum absolute atomic E-state index is 0.110. The van der Waals surface area contributed by atoms with Gasteiger partial charge in [-0.2, -0.15) is 0 Å². The number of carbonyl (C=O) groups is 3. The van der Waals surface area contributed by atoms with Gasteiger partial charge in [-0.3, -0.25) is 4.79 Å². The lowest BCUT2D eigenvalue weighted by atomic mass is 9.89. The van der Waals surface area contributed by atoms with E-state index in [-0.39, 0.29) is 22.8 Å². The van der Waals surface area contributed by atoms with E-state index in [2.05, 4.69) is 20.1 Å². The SMILES string of the molecule is CCn1c(SCC(=O)Nc2cc(C(=O)OC)cc(C(=O)OC)c2)nnc1C1CCCCC1. The zero-order valence-electron chi connectivity index (χ0n) is 18.6. The maximum Gasteiger partial charge on any atom is 0.337 e. The van der Waals surface area contributed by atoms with E-state index in [1.165, 1.54) is 63.4 Å². The summed E-state index contributed by atoms with van der Waals surface area (Å²) in [6.07, 6.45) is 5.95. The fourth-order valence-electron chi connectivity index (χ4n) is 3.87. The van der Waals surface area contributed by atoms with Gasteiger partial charge in [0.2, 0.25) is 5.91 Å². The molecule has 1 aliphatic rings. The van der Waals surface area contributed by atoms with Crippen LogP contribution in [0.2, 0.25) is 0 Å². The maximum absolute atomic E-state index is 12.6. The van der Waals surface area contributed by atoms with Crippen molar-refractivity contribution in [2.24, 2.45) is 0 Å². The molecule has 0 spiro atoms.